The minimum Gasteiger partial charge on any atom is -0.390 e. The van der Waals surface area contributed by atoms with Gasteiger partial charge in [0.05, 0.1) is 17.1 Å². The predicted molar refractivity (Wildman–Crippen MR) is 71.2 cm³/mol. The molecule has 0 unspecified atom stereocenters. The highest BCUT2D eigenvalue weighted by Gasteiger charge is 2.31. The summed E-state index contributed by atoms with van der Waals surface area (Å²) in [4.78, 5) is 0.224. The van der Waals surface area contributed by atoms with Crippen molar-refractivity contribution in [1.82, 2.24) is 4.31 Å². The molecule has 19 heavy (non-hydrogen) atoms. The normalized spacial score (nSPS) is 26.1. The number of hydrogen-bond acceptors (Lipinski definition) is 4. The molecule has 0 bridgehead atoms. The van der Waals surface area contributed by atoms with Crippen LogP contribution < -0.4 is 0 Å². The standard InChI is InChI=1S/C13H19NO4S/c1-10-4-6-11(7-5-10)19(17,18)14-8-2-3-12(15)13(16)9-14/h4-7,12-13,15-16H,2-3,8-9H2,1H3/t12-,13+/m1/s1. The number of aliphatic hydroxyl groups excluding tert-OH is 2. The second kappa shape index (κ2) is 5.58. The van der Waals surface area contributed by atoms with Gasteiger partial charge in [-0.3, -0.25) is 0 Å². The second-order valence-electron chi connectivity index (χ2n) is 4.95. The highest BCUT2D eigenvalue weighted by molar-refractivity contribution is 7.89. The number of sulfonamides is 1. The summed E-state index contributed by atoms with van der Waals surface area (Å²) in [6.07, 6.45) is -0.911. The third-order valence-electron chi connectivity index (χ3n) is 3.40. The average molecular weight is 285 g/mol. The van der Waals surface area contributed by atoms with E-state index in [0.717, 1.165) is 5.56 Å². The SMILES string of the molecule is Cc1ccc(S(=O)(=O)N2CCC[C@@H](O)[C@@H](O)C2)cc1. The van der Waals surface area contributed by atoms with E-state index in [0.29, 0.717) is 19.4 Å². The van der Waals surface area contributed by atoms with Crippen LogP contribution in [0.15, 0.2) is 29.2 Å². The van der Waals surface area contributed by atoms with Crippen LogP contribution in [-0.4, -0.2) is 48.2 Å². The molecule has 6 heteroatoms. The van der Waals surface area contributed by atoms with Crippen LogP contribution in [0.1, 0.15) is 18.4 Å². The first kappa shape index (κ1) is 14.5. The summed E-state index contributed by atoms with van der Waals surface area (Å²) in [5.41, 5.74) is 0.991. The third kappa shape index (κ3) is 3.14. The van der Waals surface area contributed by atoms with E-state index in [1.165, 1.54) is 4.31 Å². The van der Waals surface area contributed by atoms with Crippen LogP contribution in [0.25, 0.3) is 0 Å². The first-order valence-electron chi connectivity index (χ1n) is 6.34. The molecular weight excluding hydrogens is 266 g/mol. The van der Waals surface area contributed by atoms with Crippen molar-refractivity contribution in [3.05, 3.63) is 29.8 Å². The summed E-state index contributed by atoms with van der Waals surface area (Å²) in [5.74, 6) is 0. The number of β-amino-alcohol motifs (C(OH)–C–C–N with tert-alkyl or cyclic N) is 1. The molecular formula is C13H19NO4S. The van der Waals surface area contributed by atoms with Crippen molar-refractivity contribution in [2.45, 2.75) is 36.9 Å². The topological polar surface area (TPSA) is 77.8 Å². The minimum absolute atomic E-state index is 0.0582. The van der Waals surface area contributed by atoms with Crippen molar-refractivity contribution in [3.8, 4) is 0 Å². The van der Waals surface area contributed by atoms with Crippen LogP contribution in [0.5, 0.6) is 0 Å². The zero-order chi connectivity index (χ0) is 14.0. The summed E-state index contributed by atoms with van der Waals surface area (Å²) < 4.78 is 26.1. The van der Waals surface area contributed by atoms with Gasteiger partial charge < -0.3 is 10.2 Å². The molecule has 5 nitrogen and oxygen atoms in total. The lowest BCUT2D eigenvalue weighted by Crippen LogP contribution is -2.39. The number of benzene rings is 1. The smallest absolute Gasteiger partial charge is 0.243 e. The van der Waals surface area contributed by atoms with Gasteiger partial charge in [-0.15, -0.1) is 0 Å². The highest BCUT2D eigenvalue weighted by atomic mass is 32.2. The minimum atomic E-state index is -3.60. The van der Waals surface area contributed by atoms with Gasteiger partial charge in [0.25, 0.3) is 0 Å². The van der Waals surface area contributed by atoms with Crippen molar-refractivity contribution < 1.29 is 18.6 Å². The lowest BCUT2D eigenvalue weighted by Gasteiger charge is -2.22. The van der Waals surface area contributed by atoms with Gasteiger partial charge in [-0.05, 0) is 31.9 Å². The molecule has 2 atom stereocenters. The third-order valence-corrected chi connectivity index (χ3v) is 5.28. The van der Waals surface area contributed by atoms with Gasteiger partial charge in [0.2, 0.25) is 10.0 Å². The van der Waals surface area contributed by atoms with E-state index in [4.69, 9.17) is 0 Å². The van der Waals surface area contributed by atoms with E-state index >= 15 is 0 Å². The number of hydrogen-bond donors (Lipinski definition) is 2. The Labute approximate surface area is 113 Å². The predicted octanol–water partition coefficient (Wildman–Crippen LogP) is 0.501. The van der Waals surface area contributed by atoms with Crippen LogP contribution in [0.2, 0.25) is 0 Å². The van der Waals surface area contributed by atoms with Gasteiger partial charge in [-0.2, -0.15) is 4.31 Å². The Balaban J connectivity index is 2.26. The molecule has 1 aromatic carbocycles. The summed E-state index contributed by atoms with van der Waals surface area (Å²) >= 11 is 0. The Morgan fingerprint density at radius 3 is 2.42 bits per heavy atom. The second-order valence-corrected chi connectivity index (χ2v) is 6.89. The summed E-state index contributed by atoms with van der Waals surface area (Å²) in [6.45, 7) is 2.16. The van der Waals surface area contributed by atoms with E-state index in [-0.39, 0.29) is 11.4 Å². The van der Waals surface area contributed by atoms with Crippen LogP contribution >= 0.6 is 0 Å². The van der Waals surface area contributed by atoms with Crippen molar-refractivity contribution >= 4 is 10.0 Å². The maximum absolute atomic E-state index is 12.4. The molecule has 0 radical (unpaired) electrons. The molecule has 1 heterocycles. The highest BCUT2D eigenvalue weighted by Crippen LogP contribution is 2.21. The van der Waals surface area contributed by atoms with Crippen LogP contribution in [0.3, 0.4) is 0 Å². The fourth-order valence-corrected chi connectivity index (χ4v) is 3.66. The molecule has 1 aromatic rings. The largest absolute Gasteiger partial charge is 0.390 e. The van der Waals surface area contributed by atoms with E-state index in [1.807, 2.05) is 6.92 Å². The van der Waals surface area contributed by atoms with E-state index < -0.39 is 22.2 Å². The Morgan fingerprint density at radius 2 is 1.79 bits per heavy atom. The molecule has 1 aliphatic heterocycles. The molecule has 2 rings (SSSR count). The van der Waals surface area contributed by atoms with E-state index in [9.17, 15) is 18.6 Å². The van der Waals surface area contributed by atoms with Gasteiger partial charge in [0, 0.05) is 13.1 Å². The van der Waals surface area contributed by atoms with Gasteiger partial charge in [0.1, 0.15) is 0 Å². The summed E-state index contributed by atoms with van der Waals surface area (Å²) in [5, 5.41) is 19.3. The van der Waals surface area contributed by atoms with Crippen molar-refractivity contribution in [3.63, 3.8) is 0 Å². The summed E-state index contributed by atoms with van der Waals surface area (Å²) in [7, 11) is -3.60. The molecule has 0 spiro atoms. The molecule has 0 amide bonds. The first-order chi connectivity index (χ1) is 8.91. The molecule has 1 fully saturated rings. The molecule has 106 valence electrons. The van der Waals surface area contributed by atoms with Crippen LogP contribution in [-0.2, 0) is 10.0 Å². The fourth-order valence-electron chi connectivity index (χ4n) is 2.17. The zero-order valence-corrected chi connectivity index (χ0v) is 11.7. The molecule has 2 N–H and O–H groups in total. The average Bonchev–Trinajstić information content (AvgIpc) is 2.53. The molecule has 1 aliphatic rings. The quantitative estimate of drug-likeness (QED) is 0.829. The van der Waals surface area contributed by atoms with Crippen LogP contribution in [0.4, 0.5) is 0 Å². The lowest BCUT2D eigenvalue weighted by atomic mass is 10.1. The van der Waals surface area contributed by atoms with Gasteiger partial charge in [-0.1, -0.05) is 17.7 Å². The molecule has 0 aliphatic carbocycles. The van der Waals surface area contributed by atoms with Gasteiger partial charge >= 0.3 is 0 Å². The first-order valence-corrected chi connectivity index (χ1v) is 7.78. The molecule has 0 saturated carbocycles. The molecule has 1 saturated heterocycles. The van der Waals surface area contributed by atoms with Gasteiger partial charge in [0.15, 0.2) is 0 Å². The van der Waals surface area contributed by atoms with Gasteiger partial charge in [-0.25, -0.2) is 8.42 Å². The monoisotopic (exact) mass is 285 g/mol. The maximum atomic E-state index is 12.4. The van der Waals surface area contributed by atoms with E-state index in [2.05, 4.69) is 0 Å². The Hall–Kier alpha value is -0.950. The van der Waals surface area contributed by atoms with Crippen LogP contribution in [0, 0.1) is 6.92 Å². The van der Waals surface area contributed by atoms with Crippen molar-refractivity contribution in [2.24, 2.45) is 0 Å². The molecule has 0 aromatic heterocycles. The number of aryl methyl sites for hydroxylation is 1. The lowest BCUT2D eigenvalue weighted by molar-refractivity contribution is 0.0164. The number of rotatable bonds is 2. The zero-order valence-electron chi connectivity index (χ0n) is 10.9. The Morgan fingerprint density at radius 1 is 1.16 bits per heavy atom. The maximum Gasteiger partial charge on any atom is 0.243 e. The van der Waals surface area contributed by atoms with E-state index in [1.54, 1.807) is 24.3 Å². The fraction of sp³-hybridized carbons (Fsp3) is 0.538. The number of aliphatic hydroxyl groups is 2. The Kier molecular flexibility index (Phi) is 4.25. The number of nitrogens with zero attached hydrogens (tertiary/aromatic N) is 1. The van der Waals surface area contributed by atoms with Crippen molar-refractivity contribution in [2.75, 3.05) is 13.1 Å². The summed E-state index contributed by atoms with van der Waals surface area (Å²) in [6, 6.07) is 6.63. The van der Waals surface area contributed by atoms with Crippen molar-refractivity contribution in [1.29, 1.82) is 0 Å². The Bertz CT molecular complexity index is 526.